The zero-order chi connectivity index (χ0) is 12.6. The third kappa shape index (κ3) is 5.43. The van der Waals surface area contributed by atoms with Crippen LogP contribution in [-0.2, 0) is 24.3 Å². The average Bonchev–Trinajstić information content (AvgIpc) is 2.24. The van der Waals surface area contributed by atoms with Crippen molar-refractivity contribution >= 4 is 16.0 Å². The largest absolute Gasteiger partial charge is 0.465 e. The Balaban J connectivity index is 4.49. The summed E-state index contributed by atoms with van der Waals surface area (Å²) in [5.41, 5.74) is 0. The summed E-state index contributed by atoms with van der Waals surface area (Å²) >= 11 is 0. The van der Waals surface area contributed by atoms with Crippen LogP contribution in [0, 0.1) is 0 Å². The normalized spacial score (nSPS) is 11.8. The van der Waals surface area contributed by atoms with Crippen molar-refractivity contribution in [1.82, 2.24) is 4.31 Å². The van der Waals surface area contributed by atoms with E-state index in [1.165, 1.54) is 14.0 Å². The van der Waals surface area contributed by atoms with E-state index < -0.39 is 16.0 Å². The van der Waals surface area contributed by atoms with Crippen LogP contribution in [0.25, 0.3) is 0 Å². The van der Waals surface area contributed by atoms with Crippen molar-refractivity contribution in [2.45, 2.75) is 13.8 Å². The van der Waals surface area contributed by atoms with Gasteiger partial charge in [0.05, 0.1) is 19.0 Å². The number of carbonyl (C=O) groups is 1. The molecule has 0 aliphatic rings. The van der Waals surface area contributed by atoms with Gasteiger partial charge in [-0.3, -0.25) is 4.79 Å². The van der Waals surface area contributed by atoms with Crippen LogP contribution in [0.1, 0.15) is 13.8 Å². The lowest BCUT2D eigenvalue weighted by atomic mass is 10.6. The zero-order valence-electron chi connectivity index (χ0n) is 9.93. The number of sulfonamides is 1. The van der Waals surface area contributed by atoms with Crippen molar-refractivity contribution in [2.24, 2.45) is 0 Å². The van der Waals surface area contributed by atoms with Gasteiger partial charge in [0.1, 0.15) is 6.54 Å². The van der Waals surface area contributed by atoms with Crippen LogP contribution in [0.4, 0.5) is 0 Å². The van der Waals surface area contributed by atoms with Crippen molar-refractivity contribution < 1.29 is 22.7 Å². The molecule has 0 unspecified atom stereocenters. The second kappa shape index (κ2) is 7.59. The van der Waals surface area contributed by atoms with Gasteiger partial charge in [0.2, 0.25) is 10.0 Å². The molecule has 16 heavy (non-hydrogen) atoms. The van der Waals surface area contributed by atoms with Crippen molar-refractivity contribution in [1.29, 1.82) is 0 Å². The van der Waals surface area contributed by atoms with Crippen molar-refractivity contribution in [3.8, 4) is 0 Å². The van der Waals surface area contributed by atoms with Gasteiger partial charge in [-0.2, -0.15) is 4.31 Å². The van der Waals surface area contributed by atoms with Crippen LogP contribution >= 0.6 is 0 Å². The lowest BCUT2D eigenvalue weighted by Crippen LogP contribution is -2.39. The van der Waals surface area contributed by atoms with Crippen molar-refractivity contribution in [3.05, 3.63) is 0 Å². The monoisotopic (exact) mass is 253 g/mol. The SMILES string of the molecule is CCOC(=O)CN(CCOC)S(=O)(=O)CC. The number of nitrogens with zero attached hydrogens (tertiary/aromatic N) is 1. The minimum Gasteiger partial charge on any atom is -0.465 e. The molecule has 0 rings (SSSR count). The molecule has 0 aliphatic heterocycles. The highest BCUT2D eigenvalue weighted by Gasteiger charge is 2.22. The van der Waals surface area contributed by atoms with Gasteiger partial charge in [0.25, 0.3) is 0 Å². The van der Waals surface area contributed by atoms with Gasteiger partial charge in [0, 0.05) is 13.7 Å². The second-order valence-electron chi connectivity index (χ2n) is 3.03. The zero-order valence-corrected chi connectivity index (χ0v) is 10.7. The lowest BCUT2D eigenvalue weighted by molar-refractivity contribution is -0.143. The van der Waals surface area contributed by atoms with E-state index in [4.69, 9.17) is 9.47 Å². The molecule has 0 aromatic carbocycles. The maximum Gasteiger partial charge on any atom is 0.321 e. The number of hydrogen-bond acceptors (Lipinski definition) is 5. The summed E-state index contributed by atoms with van der Waals surface area (Å²) in [5.74, 6) is -0.591. The Morgan fingerprint density at radius 3 is 2.38 bits per heavy atom. The first-order chi connectivity index (χ1) is 7.47. The minimum absolute atomic E-state index is 0.0455. The lowest BCUT2D eigenvalue weighted by Gasteiger charge is -2.19. The first-order valence-corrected chi connectivity index (χ1v) is 6.71. The Bertz CT molecular complexity index is 301. The molecule has 0 spiro atoms. The molecular weight excluding hydrogens is 234 g/mol. The number of esters is 1. The minimum atomic E-state index is -3.39. The Labute approximate surface area is 96.6 Å². The summed E-state index contributed by atoms with van der Waals surface area (Å²) in [6.45, 7) is 3.59. The molecule has 0 bridgehead atoms. The average molecular weight is 253 g/mol. The third-order valence-electron chi connectivity index (χ3n) is 1.91. The van der Waals surface area contributed by atoms with Gasteiger partial charge in [-0.05, 0) is 13.8 Å². The Kier molecular flexibility index (Phi) is 7.27. The summed E-state index contributed by atoms with van der Waals surface area (Å²) in [6, 6.07) is 0. The molecule has 0 heterocycles. The molecular formula is C9H19NO5S. The van der Waals surface area contributed by atoms with E-state index in [1.54, 1.807) is 6.92 Å². The Hall–Kier alpha value is -0.660. The van der Waals surface area contributed by atoms with E-state index in [0.717, 1.165) is 4.31 Å². The number of hydrogen-bond donors (Lipinski definition) is 0. The number of ether oxygens (including phenoxy) is 2. The van der Waals surface area contributed by atoms with Crippen LogP contribution in [0.15, 0.2) is 0 Å². The highest BCUT2D eigenvalue weighted by Crippen LogP contribution is 2.01. The molecule has 96 valence electrons. The van der Waals surface area contributed by atoms with E-state index in [2.05, 4.69) is 0 Å². The second-order valence-corrected chi connectivity index (χ2v) is 5.29. The molecule has 0 amide bonds. The smallest absolute Gasteiger partial charge is 0.321 e. The van der Waals surface area contributed by atoms with Crippen molar-refractivity contribution in [2.75, 3.05) is 39.2 Å². The van der Waals surface area contributed by atoms with Crippen LogP contribution in [0.3, 0.4) is 0 Å². The number of rotatable bonds is 8. The van der Waals surface area contributed by atoms with Gasteiger partial charge < -0.3 is 9.47 Å². The first-order valence-electron chi connectivity index (χ1n) is 5.10. The molecule has 0 N–H and O–H groups in total. The standard InChI is InChI=1S/C9H19NO5S/c1-4-15-9(11)8-10(6-7-14-3)16(12,13)5-2/h4-8H2,1-3H3. The number of methoxy groups -OCH3 is 1. The van der Waals surface area contributed by atoms with E-state index in [1.807, 2.05) is 0 Å². The van der Waals surface area contributed by atoms with Crippen molar-refractivity contribution in [3.63, 3.8) is 0 Å². The van der Waals surface area contributed by atoms with Gasteiger partial charge in [0.15, 0.2) is 0 Å². The molecule has 0 aliphatic carbocycles. The molecule has 7 heteroatoms. The molecule has 0 saturated carbocycles. The summed E-state index contributed by atoms with van der Waals surface area (Å²) in [7, 11) is -1.92. The first kappa shape index (κ1) is 15.3. The van der Waals surface area contributed by atoms with Crippen LogP contribution in [-0.4, -0.2) is 57.9 Å². The fraction of sp³-hybridized carbons (Fsp3) is 0.889. The van der Waals surface area contributed by atoms with E-state index in [9.17, 15) is 13.2 Å². The molecule has 6 nitrogen and oxygen atoms in total. The highest BCUT2D eigenvalue weighted by atomic mass is 32.2. The predicted molar refractivity (Wildman–Crippen MR) is 59.5 cm³/mol. The molecule has 0 fully saturated rings. The predicted octanol–water partition coefficient (Wildman–Crippen LogP) is -0.152. The third-order valence-corrected chi connectivity index (χ3v) is 3.74. The van der Waals surface area contributed by atoms with E-state index in [-0.39, 0.29) is 32.1 Å². The summed E-state index contributed by atoms with van der Waals surface area (Å²) in [4.78, 5) is 11.2. The van der Waals surface area contributed by atoms with E-state index >= 15 is 0 Å². The van der Waals surface area contributed by atoms with Gasteiger partial charge in [-0.1, -0.05) is 0 Å². The Morgan fingerprint density at radius 1 is 1.31 bits per heavy atom. The molecule has 0 aromatic heterocycles. The van der Waals surface area contributed by atoms with Crippen LogP contribution in [0.5, 0.6) is 0 Å². The van der Waals surface area contributed by atoms with E-state index in [0.29, 0.717) is 0 Å². The fourth-order valence-electron chi connectivity index (χ4n) is 1.04. The Morgan fingerprint density at radius 2 is 1.94 bits per heavy atom. The van der Waals surface area contributed by atoms with Gasteiger partial charge >= 0.3 is 5.97 Å². The summed E-state index contributed by atoms with van der Waals surface area (Å²) < 4.78 is 33.8. The van der Waals surface area contributed by atoms with Crippen LogP contribution < -0.4 is 0 Å². The van der Waals surface area contributed by atoms with Gasteiger partial charge in [-0.25, -0.2) is 8.42 Å². The van der Waals surface area contributed by atoms with Crippen LogP contribution in [0.2, 0.25) is 0 Å². The molecule has 0 aromatic rings. The maximum atomic E-state index is 11.6. The quantitative estimate of drug-likeness (QED) is 0.562. The fourth-order valence-corrected chi connectivity index (χ4v) is 2.06. The molecule has 0 saturated heterocycles. The summed E-state index contributed by atoms with van der Waals surface area (Å²) in [5, 5.41) is 0. The summed E-state index contributed by atoms with van der Waals surface area (Å²) in [6.07, 6.45) is 0. The number of carbonyl (C=O) groups excluding carboxylic acids is 1. The highest BCUT2D eigenvalue weighted by molar-refractivity contribution is 7.89. The van der Waals surface area contributed by atoms with Gasteiger partial charge in [-0.15, -0.1) is 0 Å². The molecule has 0 radical (unpaired) electrons. The molecule has 0 atom stereocenters. The maximum absolute atomic E-state index is 11.6. The topological polar surface area (TPSA) is 72.9 Å².